The van der Waals surface area contributed by atoms with Gasteiger partial charge >= 0.3 is 0 Å². The number of benzene rings is 1. The van der Waals surface area contributed by atoms with Gasteiger partial charge in [0.2, 0.25) is 0 Å². The van der Waals surface area contributed by atoms with Crippen LogP contribution < -0.4 is 5.32 Å². The third kappa shape index (κ3) is 2.86. The van der Waals surface area contributed by atoms with E-state index in [0.29, 0.717) is 6.04 Å². The quantitative estimate of drug-likeness (QED) is 0.753. The minimum absolute atomic E-state index is 0.0841. The molecular weight excluding hydrogens is 350 g/mol. The fourth-order valence-corrected chi connectivity index (χ4v) is 5.36. The summed E-state index contributed by atoms with van der Waals surface area (Å²) in [6.45, 7) is 1.91. The molecule has 2 aromatic heterocycles. The second kappa shape index (κ2) is 6.71. The molecule has 0 aliphatic carbocycles. The second-order valence-electron chi connectivity index (χ2n) is 8.67. The Balaban J connectivity index is 1.23. The van der Waals surface area contributed by atoms with Crippen molar-refractivity contribution in [2.24, 2.45) is 5.92 Å². The Morgan fingerprint density at radius 3 is 2.96 bits per heavy atom. The molecule has 3 saturated heterocycles. The number of ether oxygens (including phenoxy) is 1. The first-order valence-corrected chi connectivity index (χ1v) is 10.7. The molecule has 4 atom stereocenters. The normalized spacial score (nSPS) is 29.7. The lowest BCUT2D eigenvalue weighted by molar-refractivity contribution is -0.0394. The lowest BCUT2D eigenvalue weighted by atomic mass is 9.89. The molecule has 2 bridgehead atoms. The van der Waals surface area contributed by atoms with Gasteiger partial charge in [0.1, 0.15) is 6.23 Å². The molecule has 0 saturated carbocycles. The Labute approximate surface area is 164 Å². The van der Waals surface area contributed by atoms with E-state index in [9.17, 15) is 0 Å². The van der Waals surface area contributed by atoms with Crippen molar-refractivity contribution in [3.05, 3.63) is 36.9 Å². The zero-order valence-corrected chi connectivity index (χ0v) is 16.1. The van der Waals surface area contributed by atoms with E-state index in [1.54, 1.807) is 0 Å². The minimum atomic E-state index is 0.0841. The molecular formula is C22H27N5O. The zero-order chi connectivity index (χ0) is 18.5. The fraction of sp³-hybridized carbons (Fsp3) is 0.545. The highest BCUT2D eigenvalue weighted by Gasteiger charge is 2.39. The fourth-order valence-electron chi connectivity index (χ4n) is 5.36. The van der Waals surface area contributed by atoms with Crippen molar-refractivity contribution in [2.45, 2.75) is 63.4 Å². The third-order valence-electron chi connectivity index (χ3n) is 6.87. The van der Waals surface area contributed by atoms with Crippen LogP contribution in [0, 0.1) is 5.92 Å². The van der Waals surface area contributed by atoms with E-state index in [4.69, 9.17) is 9.72 Å². The minimum Gasteiger partial charge on any atom is -0.357 e. The summed E-state index contributed by atoms with van der Waals surface area (Å²) in [5, 5.41) is 8.30. The second-order valence-corrected chi connectivity index (χ2v) is 8.67. The van der Waals surface area contributed by atoms with Gasteiger partial charge in [-0.15, -0.1) is 0 Å². The van der Waals surface area contributed by atoms with Crippen LogP contribution in [0.4, 0.5) is 0 Å². The molecule has 3 fully saturated rings. The summed E-state index contributed by atoms with van der Waals surface area (Å²) in [7, 11) is 0. The summed E-state index contributed by atoms with van der Waals surface area (Å²) in [6.07, 6.45) is 13.6. The van der Waals surface area contributed by atoms with Gasteiger partial charge in [0.15, 0.2) is 0 Å². The largest absolute Gasteiger partial charge is 0.357 e. The molecule has 3 aromatic rings. The van der Waals surface area contributed by atoms with Crippen LogP contribution in [0.1, 0.15) is 44.8 Å². The molecule has 0 amide bonds. The number of hydrogen-bond acceptors (Lipinski definition) is 4. The van der Waals surface area contributed by atoms with Crippen LogP contribution in [-0.4, -0.2) is 38.0 Å². The first-order valence-electron chi connectivity index (χ1n) is 10.7. The molecule has 6 rings (SSSR count). The lowest BCUT2D eigenvalue weighted by Crippen LogP contribution is -2.25. The van der Waals surface area contributed by atoms with Gasteiger partial charge in [-0.05, 0) is 62.1 Å². The van der Waals surface area contributed by atoms with Crippen molar-refractivity contribution in [1.29, 1.82) is 0 Å². The summed E-state index contributed by atoms with van der Waals surface area (Å²) in [5.74, 6) is 0.740. The van der Waals surface area contributed by atoms with E-state index in [1.165, 1.54) is 36.8 Å². The van der Waals surface area contributed by atoms with E-state index in [1.807, 2.05) is 17.2 Å². The van der Waals surface area contributed by atoms with Crippen molar-refractivity contribution in [3.63, 3.8) is 0 Å². The number of nitrogens with zero attached hydrogens (tertiary/aromatic N) is 4. The van der Waals surface area contributed by atoms with Crippen LogP contribution in [0.3, 0.4) is 0 Å². The molecule has 3 aliphatic heterocycles. The van der Waals surface area contributed by atoms with E-state index >= 15 is 0 Å². The van der Waals surface area contributed by atoms with Crippen LogP contribution in [-0.2, 0) is 11.3 Å². The number of aromatic nitrogens is 4. The topological polar surface area (TPSA) is 56.9 Å². The molecule has 3 aliphatic rings. The van der Waals surface area contributed by atoms with Crippen molar-refractivity contribution >= 4 is 11.0 Å². The SMILES string of the molecule is c1cc2c(cc1-c1cnn(C3CCCCO3)c1)ncn2CC1CC2CCC1N2. The van der Waals surface area contributed by atoms with Crippen LogP contribution >= 0.6 is 0 Å². The van der Waals surface area contributed by atoms with Gasteiger partial charge in [0.05, 0.1) is 23.6 Å². The number of rotatable bonds is 4. The molecule has 146 valence electrons. The predicted octanol–water partition coefficient (Wildman–Crippen LogP) is 3.74. The first-order chi connectivity index (χ1) is 13.8. The summed E-state index contributed by atoms with van der Waals surface area (Å²) in [5.41, 5.74) is 4.59. The van der Waals surface area contributed by atoms with Gasteiger partial charge in [0, 0.05) is 37.0 Å². The van der Waals surface area contributed by atoms with Crippen LogP contribution in [0.5, 0.6) is 0 Å². The maximum Gasteiger partial charge on any atom is 0.150 e. The third-order valence-corrected chi connectivity index (χ3v) is 6.87. The van der Waals surface area contributed by atoms with Gasteiger partial charge in [-0.1, -0.05) is 6.07 Å². The van der Waals surface area contributed by atoms with Crippen LogP contribution in [0.25, 0.3) is 22.2 Å². The van der Waals surface area contributed by atoms with Crippen molar-refractivity contribution in [2.75, 3.05) is 6.61 Å². The Kier molecular flexibility index (Phi) is 4.01. The van der Waals surface area contributed by atoms with E-state index in [0.717, 1.165) is 49.0 Å². The summed E-state index contributed by atoms with van der Waals surface area (Å²) in [4.78, 5) is 4.70. The van der Waals surface area contributed by atoms with Crippen LogP contribution in [0.15, 0.2) is 36.9 Å². The Morgan fingerprint density at radius 1 is 1.14 bits per heavy atom. The Bertz CT molecular complexity index is 986. The molecule has 0 spiro atoms. The maximum atomic E-state index is 5.85. The van der Waals surface area contributed by atoms with E-state index in [-0.39, 0.29) is 6.23 Å². The predicted molar refractivity (Wildman–Crippen MR) is 108 cm³/mol. The standard InChI is InChI=1S/C22H27N5O/c1-2-8-28-22(3-1)27-13-17(11-24-27)15-4-7-21-20(10-15)23-14-26(21)12-16-9-18-5-6-19(16)25-18/h4,7,10-11,13-14,16,18-19,22,25H,1-3,5-6,8-9,12H2. The van der Waals surface area contributed by atoms with Gasteiger partial charge in [-0.2, -0.15) is 5.10 Å². The van der Waals surface area contributed by atoms with E-state index in [2.05, 4.69) is 39.4 Å². The number of hydrogen-bond donors (Lipinski definition) is 1. The Morgan fingerprint density at radius 2 is 2.14 bits per heavy atom. The maximum absolute atomic E-state index is 5.85. The van der Waals surface area contributed by atoms with Crippen LogP contribution in [0.2, 0.25) is 0 Å². The molecule has 6 heteroatoms. The molecule has 1 aromatic carbocycles. The van der Waals surface area contributed by atoms with Crippen molar-refractivity contribution in [1.82, 2.24) is 24.6 Å². The average molecular weight is 377 g/mol. The average Bonchev–Trinajstić information content (AvgIpc) is 3.53. The molecule has 6 nitrogen and oxygen atoms in total. The van der Waals surface area contributed by atoms with Crippen molar-refractivity contribution < 1.29 is 4.74 Å². The smallest absolute Gasteiger partial charge is 0.150 e. The van der Waals surface area contributed by atoms with Gasteiger partial charge in [0.25, 0.3) is 0 Å². The summed E-state index contributed by atoms with van der Waals surface area (Å²) >= 11 is 0. The summed E-state index contributed by atoms with van der Waals surface area (Å²) < 4.78 is 10.2. The van der Waals surface area contributed by atoms with Gasteiger partial charge in [-0.25, -0.2) is 9.67 Å². The molecule has 1 N–H and O–H groups in total. The molecule has 4 unspecified atom stereocenters. The first kappa shape index (κ1) is 16.7. The highest BCUT2D eigenvalue weighted by Crippen LogP contribution is 2.35. The summed E-state index contributed by atoms with van der Waals surface area (Å²) in [6, 6.07) is 8.05. The number of nitrogens with one attached hydrogen (secondary N) is 1. The van der Waals surface area contributed by atoms with Gasteiger partial charge in [-0.3, -0.25) is 0 Å². The van der Waals surface area contributed by atoms with Crippen molar-refractivity contribution in [3.8, 4) is 11.1 Å². The highest BCUT2D eigenvalue weighted by molar-refractivity contribution is 5.81. The zero-order valence-electron chi connectivity index (χ0n) is 16.1. The monoisotopic (exact) mass is 377 g/mol. The van der Waals surface area contributed by atoms with Gasteiger partial charge < -0.3 is 14.6 Å². The number of fused-ring (bicyclic) bond motifs is 3. The molecule has 0 radical (unpaired) electrons. The lowest BCUT2D eigenvalue weighted by Gasteiger charge is -2.22. The highest BCUT2D eigenvalue weighted by atomic mass is 16.5. The van der Waals surface area contributed by atoms with E-state index < -0.39 is 0 Å². The Hall–Kier alpha value is -2.18. The molecule has 28 heavy (non-hydrogen) atoms. The number of imidazole rings is 1. The molecule has 5 heterocycles.